The van der Waals surface area contributed by atoms with E-state index in [4.69, 9.17) is 5.73 Å². The highest BCUT2D eigenvalue weighted by atomic mass is 32.1. The molecule has 1 aromatic heterocycles. The molecule has 1 heterocycles. The molecule has 3 aromatic rings. The Morgan fingerprint density at radius 1 is 1.07 bits per heavy atom. The molecule has 1 unspecified atom stereocenters. The number of amides is 1. The van der Waals surface area contributed by atoms with Crippen LogP contribution >= 0.6 is 11.3 Å². The molecule has 0 spiro atoms. The van der Waals surface area contributed by atoms with Gasteiger partial charge < -0.3 is 11.1 Å². The number of rotatable bonds is 7. The van der Waals surface area contributed by atoms with E-state index >= 15 is 0 Å². The number of nitrogens with two attached hydrogens (primary N) is 1. The van der Waals surface area contributed by atoms with Gasteiger partial charge in [-0.3, -0.25) is 9.59 Å². The van der Waals surface area contributed by atoms with Crippen LogP contribution < -0.4 is 11.1 Å². The zero-order valence-corrected chi connectivity index (χ0v) is 17.8. The smallest absolute Gasteiger partial charge is 0.221 e. The molecule has 156 valence electrons. The average molecular weight is 422 g/mol. The molecule has 6 heteroatoms. The third kappa shape index (κ3) is 4.77. The zero-order chi connectivity index (χ0) is 20.9. The second-order valence-corrected chi connectivity index (χ2v) is 9.04. The molecular weight excluding hydrogens is 394 g/mol. The van der Waals surface area contributed by atoms with Crippen molar-refractivity contribution in [1.82, 2.24) is 10.3 Å². The van der Waals surface area contributed by atoms with Crippen molar-refractivity contribution < 1.29 is 9.59 Å². The number of hydrogen-bond acceptors (Lipinski definition) is 5. The van der Waals surface area contributed by atoms with Crippen LogP contribution in [0, 0.1) is 5.92 Å². The summed E-state index contributed by atoms with van der Waals surface area (Å²) in [5, 5.41) is 3.43. The Hall–Kier alpha value is -2.57. The number of Topliss-reactive ketones (excluding diaryl/α,β-unsaturated/α-hetero) is 1. The number of thiazole rings is 1. The normalized spacial score (nSPS) is 15.8. The second-order valence-electron chi connectivity index (χ2n) is 8.01. The maximum absolute atomic E-state index is 13.4. The van der Waals surface area contributed by atoms with E-state index in [0.29, 0.717) is 23.9 Å². The molecule has 1 fully saturated rings. The SMILES string of the molecule is NCc1ccc(C(NC(=O)CC2CCCCC2)C(=O)c2nc3ccccc3s2)cc1. The van der Waals surface area contributed by atoms with Crippen LogP contribution in [0.2, 0.25) is 0 Å². The number of benzene rings is 2. The Morgan fingerprint density at radius 3 is 2.50 bits per heavy atom. The van der Waals surface area contributed by atoms with E-state index in [9.17, 15) is 9.59 Å². The van der Waals surface area contributed by atoms with Crippen molar-refractivity contribution >= 4 is 33.2 Å². The van der Waals surface area contributed by atoms with Crippen molar-refractivity contribution in [2.45, 2.75) is 51.1 Å². The highest BCUT2D eigenvalue weighted by Crippen LogP contribution is 2.29. The van der Waals surface area contributed by atoms with E-state index < -0.39 is 6.04 Å². The lowest BCUT2D eigenvalue weighted by Crippen LogP contribution is -2.35. The number of aromatic nitrogens is 1. The topological polar surface area (TPSA) is 85.1 Å². The minimum Gasteiger partial charge on any atom is -0.342 e. The quantitative estimate of drug-likeness (QED) is 0.538. The van der Waals surface area contributed by atoms with Crippen molar-refractivity contribution in [2.75, 3.05) is 0 Å². The van der Waals surface area contributed by atoms with Gasteiger partial charge in [-0.25, -0.2) is 4.98 Å². The molecule has 30 heavy (non-hydrogen) atoms. The van der Waals surface area contributed by atoms with E-state index in [0.717, 1.165) is 34.2 Å². The van der Waals surface area contributed by atoms with Crippen molar-refractivity contribution in [2.24, 2.45) is 11.7 Å². The van der Waals surface area contributed by atoms with Gasteiger partial charge in [0, 0.05) is 13.0 Å². The Labute approximate surface area is 180 Å². The van der Waals surface area contributed by atoms with Crippen LogP contribution in [0.25, 0.3) is 10.2 Å². The van der Waals surface area contributed by atoms with Crippen molar-refractivity contribution in [3.63, 3.8) is 0 Å². The third-order valence-electron chi connectivity index (χ3n) is 5.82. The van der Waals surface area contributed by atoms with Gasteiger partial charge >= 0.3 is 0 Å². The van der Waals surface area contributed by atoms with Gasteiger partial charge in [0.1, 0.15) is 6.04 Å². The van der Waals surface area contributed by atoms with Gasteiger partial charge in [-0.05, 0) is 42.0 Å². The first kappa shape index (κ1) is 20.7. The van der Waals surface area contributed by atoms with Gasteiger partial charge in [-0.15, -0.1) is 11.3 Å². The van der Waals surface area contributed by atoms with Crippen molar-refractivity contribution in [3.8, 4) is 0 Å². The van der Waals surface area contributed by atoms with Crippen LogP contribution in [0.4, 0.5) is 0 Å². The molecule has 0 radical (unpaired) electrons. The number of carbonyl (C=O) groups is 2. The number of fused-ring (bicyclic) bond motifs is 1. The lowest BCUT2D eigenvalue weighted by atomic mass is 9.86. The number of carbonyl (C=O) groups excluding carboxylic acids is 2. The summed E-state index contributed by atoms with van der Waals surface area (Å²) in [5.74, 6) is 0.175. The summed E-state index contributed by atoms with van der Waals surface area (Å²) in [6, 6.07) is 14.5. The van der Waals surface area contributed by atoms with Crippen LogP contribution in [0.3, 0.4) is 0 Å². The first-order valence-corrected chi connectivity index (χ1v) is 11.4. The minimum absolute atomic E-state index is 0.0655. The maximum atomic E-state index is 13.4. The van der Waals surface area contributed by atoms with Gasteiger partial charge in [0.2, 0.25) is 11.7 Å². The van der Waals surface area contributed by atoms with Gasteiger partial charge in [0.25, 0.3) is 0 Å². The van der Waals surface area contributed by atoms with Crippen LogP contribution in [0.1, 0.15) is 65.5 Å². The fourth-order valence-electron chi connectivity index (χ4n) is 4.12. The van der Waals surface area contributed by atoms with Crippen LogP contribution in [-0.4, -0.2) is 16.7 Å². The summed E-state index contributed by atoms with van der Waals surface area (Å²) in [5.41, 5.74) is 8.25. The molecule has 1 amide bonds. The summed E-state index contributed by atoms with van der Waals surface area (Å²) >= 11 is 1.37. The molecule has 1 aliphatic rings. The minimum atomic E-state index is -0.742. The Bertz CT molecular complexity index is 989. The lowest BCUT2D eigenvalue weighted by Gasteiger charge is -2.23. The van der Waals surface area contributed by atoms with E-state index in [1.807, 2.05) is 48.5 Å². The number of ketones is 1. The van der Waals surface area contributed by atoms with Gasteiger partial charge in [-0.2, -0.15) is 0 Å². The van der Waals surface area contributed by atoms with E-state index in [2.05, 4.69) is 10.3 Å². The summed E-state index contributed by atoms with van der Waals surface area (Å²) in [6.07, 6.45) is 6.29. The fourth-order valence-corrected chi connectivity index (χ4v) is 5.06. The van der Waals surface area contributed by atoms with E-state index in [1.165, 1.54) is 30.6 Å². The molecule has 4 rings (SSSR count). The first-order valence-electron chi connectivity index (χ1n) is 10.6. The molecule has 0 bridgehead atoms. The largest absolute Gasteiger partial charge is 0.342 e. The molecule has 1 aliphatic carbocycles. The highest BCUT2D eigenvalue weighted by Gasteiger charge is 2.28. The molecule has 2 aromatic carbocycles. The molecule has 0 aliphatic heterocycles. The molecule has 1 saturated carbocycles. The summed E-state index contributed by atoms with van der Waals surface area (Å²) in [6.45, 7) is 0.435. The predicted octanol–water partition coefficient (Wildman–Crippen LogP) is 4.77. The standard InChI is InChI=1S/C24H27N3O2S/c25-15-17-10-12-18(13-11-17)22(27-21(28)14-16-6-2-1-3-7-16)23(29)24-26-19-8-4-5-9-20(19)30-24/h4-5,8-13,16,22H,1-3,6-7,14-15,25H2,(H,27,28). The number of para-hydroxylation sites is 1. The predicted molar refractivity (Wildman–Crippen MR) is 120 cm³/mol. The number of hydrogen-bond donors (Lipinski definition) is 2. The van der Waals surface area contributed by atoms with Crippen molar-refractivity contribution in [1.29, 1.82) is 0 Å². The second kappa shape index (κ2) is 9.49. The summed E-state index contributed by atoms with van der Waals surface area (Å²) < 4.78 is 0.964. The Kier molecular flexibility index (Phi) is 6.55. The highest BCUT2D eigenvalue weighted by molar-refractivity contribution is 7.20. The monoisotopic (exact) mass is 421 g/mol. The molecular formula is C24H27N3O2S. The van der Waals surface area contributed by atoms with Gasteiger partial charge in [0.05, 0.1) is 10.2 Å². The third-order valence-corrected chi connectivity index (χ3v) is 6.87. The average Bonchev–Trinajstić information content (AvgIpc) is 3.22. The van der Waals surface area contributed by atoms with Crippen LogP contribution in [0.15, 0.2) is 48.5 Å². The molecule has 5 nitrogen and oxygen atoms in total. The van der Waals surface area contributed by atoms with E-state index in [1.54, 1.807) is 0 Å². The first-order chi connectivity index (χ1) is 14.6. The number of nitrogens with zero attached hydrogens (tertiary/aromatic N) is 1. The van der Waals surface area contributed by atoms with Crippen LogP contribution in [0.5, 0.6) is 0 Å². The van der Waals surface area contributed by atoms with Crippen LogP contribution in [-0.2, 0) is 11.3 Å². The fraction of sp³-hybridized carbons (Fsp3) is 0.375. The molecule has 1 atom stereocenters. The summed E-state index contributed by atoms with van der Waals surface area (Å²) in [4.78, 5) is 30.7. The summed E-state index contributed by atoms with van der Waals surface area (Å²) in [7, 11) is 0. The Morgan fingerprint density at radius 2 is 1.80 bits per heavy atom. The maximum Gasteiger partial charge on any atom is 0.221 e. The molecule has 3 N–H and O–H groups in total. The zero-order valence-electron chi connectivity index (χ0n) is 17.0. The van der Waals surface area contributed by atoms with Gasteiger partial charge in [0.15, 0.2) is 5.01 Å². The molecule has 0 saturated heterocycles. The van der Waals surface area contributed by atoms with Gasteiger partial charge in [-0.1, -0.05) is 55.7 Å². The van der Waals surface area contributed by atoms with Crippen molar-refractivity contribution in [3.05, 3.63) is 64.7 Å². The van der Waals surface area contributed by atoms with E-state index in [-0.39, 0.29) is 11.7 Å². The number of nitrogens with one attached hydrogen (secondary N) is 1. The lowest BCUT2D eigenvalue weighted by molar-refractivity contribution is -0.122. The Balaban J connectivity index is 1.58.